The van der Waals surface area contributed by atoms with E-state index in [9.17, 15) is 4.79 Å². The Morgan fingerprint density at radius 1 is 1.26 bits per heavy atom. The third kappa shape index (κ3) is 6.89. The molecule has 0 fully saturated rings. The second kappa shape index (κ2) is 11.6. The Balaban J connectivity index is 0.00000364. The van der Waals surface area contributed by atoms with Crippen molar-refractivity contribution >= 4 is 35.9 Å². The van der Waals surface area contributed by atoms with Gasteiger partial charge in [-0.05, 0) is 43.2 Å². The Morgan fingerprint density at radius 3 is 2.52 bits per heavy atom. The molecule has 0 aliphatic rings. The molecule has 0 spiro atoms. The highest BCUT2D eigenvalue weighted by Gasteiger charge is 2.08. The summed E-state index contributed by atoms with van der Waals surface area (Å²) in [6.07, 6.45) is 2.86. The molecule has 0 aliphatic carbocycles. The zero-order valence-corrected chi connectivity index (χ0v) is 18.8. The van der Waals surface area contributed by atoms with Crippen molar-refractivity contribution in [3.05, 3.63) is 59.4 Å². The molecular formula is C20H29IN4O2. The Kier molecular flexibility index (Phi) is 9.92. The van der Waals surface area contributed by atoms with E-state index in [0.29, 0.717) is 12.1 Å². The van der Waals surface area contributed by atoms with Gasteiger partial charge in [-0.3, -0.25) is 4.99 Å². The molecule has 2 rings (SSSR count). The number of aliphatic imine (C=N–C) groups is 1. The third-order valence-electron chi connectivity index (χ3n) is 4.18. The van der Waals surface area contributed by atoms with Crippen molar-refractivity contribution in [1.29, 1.82) is 0 Å². The molecule has 1 aromatic carbocycles. The van der Waals surface area contributed by atoms with Crippen LogP contribution >= 0.6 is 24.0 Å². The van der Waals surface area contributed by atoms with E-state index in [1.165, 1.54) is 12.8 Å². The van der Waals surface area contributed by atoms with Crippen LogP contribution in [0.25, 0.3) is 0 Å². The number of guanidine groups is 1. The Hall–Kier alpha value is -2.03. The molecular weight excluding hydrogens is 455 g/mol. The fourth-order valence-electron chi connectivity index (χ4n) is 2.66. The highest BCUT2D eigenvalue weighted by molar-refractivity contribution is 14.0. The SMILES string of the molecule is CCNC(=NCCc1ccc(C(=O)OC)cc1)N(C)Cc1cccn1C.I. The van der Waals surface area contributed by atoms with Crippen LogP contribution in [-0.4, -0.2) is 48.6 Å². The average Bonchev–Trinajstić information content (AvgIpc) is 3.05. The zero-order valence-electron chi connectivity index (χ0n) is 16.4. The minimum atomic E-state index is -0.314. The molecule has 6 nitrogen and oxygen atoms in total. The largest absolute Gasteiger partial charge is 0.465 e. The molecule has 2 aromatic rings. The number of carbonyl (C=O) groups is 1. The van der Waals surface area contributed by atoms with Crippen LogP contribution in [0.5, 0.6) is 0 Å². The van der Waals surface area contributed by atoms with Crippen LogP contribution in [0.15, 0.2) is 47.6 Å². The summed E-state index contributed by atoms with van der Waals surface area (Å²) >= 11 is 0. The van der Waals surface area contributed by atoms with Crippen molar-refractivity contribution in [2.24, 2.45) is 12.0 Å². The highest BCUT2D eigenvalue weighted by Crippen LogP contribution is 2.07. The molecule has 1 aromatic heterocycles. The van der Waals surface area contributed by atoms with Crippen LogP contribution in [0.4, 0.5) is 0 Å². The van der Waals surface area contributed by atoms with Gasteiger partial charge in [-0.25, -0.2) is 4.79 Å². The number of methoxy groups -OCH3 is 1. The number of halogens is 1. The van der Waals surface area contributed by atoms with Crippen LogP contribution in [0.2, 0.25) is 0 Å². The summed E-state index contributed by atoms with van der Waals surface area (Å²) < 4.78 is 6.83. The Morgan fingerprint density at radius 2 is 1.96 bits per heavy atom. The number of nitrogens with zero attached hydrogens (tertiary/aromatic N) is 3. The molecule has 0 saturated carbocycles. The lowest BCUT2D eigenvalue weighted by Crippen LogP contribution is -2.39. The van der Waals surface area contributed by atoms with Crippen LogP contribution in [-0.2, 0) is 24.8 Å². The van der Waals surface area contributed by atoms with Gasteiger partial charge in [0.05, 0.1) is 19.2 Å². The van der Waals surface area contributed by atoms with Gasteiger partial charge < -0.3 is 19.5 Å². The maximum absolute atomic E-state index is 11.5. The molecule has 0 bridgehead atoms. The van der Waals surface area contributed by atoms with E-state index in [1.807, 2.05) is 38.5 Å². The van der Waals surface area contributed by atoms with Gasteiger partial charge in [0.15, 0.2) is 5.96 Å². The highest BCUT2D eigenvalue weighted by atomic mass is 127. The molecule has 0 amide bonds. The normalized spacial score (nSPS) is 10.9. The number of hydrogen-bond acceptors (Lipinski definition) is 3. The summed E-state index contributed by atoms with van der Waals surface area (Å²) in [6, 6.07) is 11.6. The van der Waals surface area contributed by atoms with Crippen molar-refractivity contribution in [2.75, 3.05) is 27.2 Å². The first kappa shape index (κ1) is 23.0. The topological polar surface area (TPSA) is 58.9 Å². The number of aryl methyl sites for hydroxylation is 1. The monoisotopic (exact) mass is 484 g/mol. The van der Waals surface area contributed by atoms with Gasteiger partial charge in [-0.15, -0.1) is 24.0 Å². The molecule has 0 saturated heterocycles. The van der Waals surface area contributed by atoms with Crippen molar-refractivity contribution < 1.29 is 9.53 Å². The van der Waals surface area contributed by atoms with E-state index in [2.05, 4.69) is 27.8 Å². The minimum Gasteiger partial charge on any atom is -0.465 e. The molecule has 1 N–H and O–H groups in total. The lowest BCUT2D eigenvalue weighted by Gasteiger charge is -2.22. The first-order chi connectivity index (χ1) is 12.5. The standard InChI is InChI=1S/C20H28N4O2.HI/c1-5-21-20(24(3)15-18-7-6-14-23(18)2)22-13-12-16-8-10-17(11-9-16)19(25)26-4;/h6-11,14H,5,12-13,15H2,1-4H3,(H,21,22);1H. The van der Waals surface area contributed by atoms with Gasteiger partial charge in [-0.1, -0.05) is 12.1 Å². The zero-order chi connectivity index (χ0) is 18.9. The average molecular weight is 484 g/mol. The maximum atomic E-state index is 11.5. The fraction of sp³-hybridized carbons (Fsp3) is 0.400. The number of nitrogens with one attached hydrogen (secondary N) is 1. The van der Waals surface area contributed by atoms with Gasteiger partial charge in [0.25, 0.3) is 0 Å². The number of ether oxygens (including phenoxy) is 1. The maximum Gasteiger partial charge on any atom is 0.337 e. The van der Waals surface area contributed by atoms with Crippen LogP contribution in [0.1, 0.15) is 28.5 Å². The molecule has 0 aliphatic heterocycles. The summed E-state index contributed by atoms with van der Waals surface area (Å²) in [5, 5.41) is 3.34. The van der Waals surface area contributed by atoms with Crippen LogP contribution in [0.3, 0.4) is 0 Å². The van der Waals surface area contributed by atoms with E-state index < -0.39 is 0 Å². The number of rotatable bonds is 7. The fourth-order valence-corrected chi connectivity index (χ4v) is 2.66. The molecule has 148 valence electrons. The molecule has 7 heteroatoms. The summed E-state index contributed by atoms with van der Waals surface area (Å²) in [7, 11) is 5.48. The summed E-state index contributed by atoms with van der Waals surface area (Å²) in [6.45, 7) is 4.36. The summed E-state index contributed by atoms with van der Waals surface area (Å²) in [5.41, 5.74) is 2.94. The smallest absolute Gasteiger partial charge is 0.337 e. The predicted octanol–water partition coefficient (Wildman–Crippen LogP) is 3.07. The van der Waals surface area contributed by atoms with Crippen molar-refractivity contribution in [2.45, 2.75) is 19.9 Å². The van der Waals surface area contributed by atoms with Crippen LogP contribution < -0.4 is 5.32 Å². The second-order valence-corrected chi connectivity index (χ2v) is 6.14. The van der Waals surface area contributed by atoms with Crippen molar-refractivity contribution in [1.82, 2.24) is 14.8 Å². The lowest BCUT2D eigenvalue weighted by atomic mass is 10.1. The molecule has 0 radical (unpaired) electrons. The Bertz CT molecular complexity index is 741. The quantitative estimate of drug-likeness (QED) is 0.284. The van der Waals surface area contributed by atoms with E-state index in [-0.39, 0.29) is 29.9 Å². The number of benzene rings is 1. The van der Waals surface area contributed by atoms with E-state index in [4.69, 9.17) is 9.73 Å². The lowest BCUT2D eigenvalue weighted by molar-refractivity contribution is 0.0600. The third-order valence-corrected chi connectivity index (χ3v) is 4.18. The van der Waals surface area contributed by atoms with Gasteiger partial charge in [0, 0.05) is 39.1 Å². The van der Waals surface area contributed by atoms with E-state index in [1.54, 1.807) is 12.1 Å². The van der Waals surface area contributed by atoms with Gasteiger partial charge in [0.1, 0.15) is 0 Å². The molecule has 1 heterocycles. The van der Waals surface area contributed by atoms with E-state index >= 15 is 0 Å². The van der Waals surface area contributed by atoms with Gasteiger partial charge in [0.2, 0.25) is 0 Å². The van der Waals surface area contributed by atoms with Crippen LogP contribution in [0, 0.1) is 0 Å². The minimum absolute atomic E-state index is 0. The predicted molar refractivity (Wildman–Crippen MR) is 120 cm³/mol. The number of hydrogen-bond donors (Lipinski definition) is 1. The number of esters is 1. The van der Waals surface area contributed by atoms with Gasteiger partial charge in [-0.2, -0.15) is 0 Å². The Labute approximate surface area is 178 Å². The molecule has 0 atom stereocenters. The van der Waals surface area contributed by atoms with Crippen molar-refractivity contribution in [3.8, 4) is 0 Å². The number of carbonyl (C=O) groups excluding carboxylic acids is 1. The van der Waals surface area contributed by atoms with Gasteiger partial charge >= 0.3 is 5.97 Å². The van der Waals surface area contributed by atoms with E-state index in [0.717, 1.165) is 31.0 Å². The molecule has 27 heavy (non-hydrogen) atoms. The first-order valence-corrected chi connectivity index (χ1v) is 8.82. The summed E-state index contributed by atoms with van der Waals surface area (Å²) in [4.78, 5) is 18.3. The molecule has 0 unspecified atom stereocenters. The first-order valence-electron chi connectivity index (χ1n) is 8.82. The summed E-state index contributed by atoms with van der Waals surface area (Å²) in [5.74, 6) is 0.575. The second-order valence-electron chi connectivity index (χ2n) is 6.14. The van der Waals surface area contributed by atoms with Crippen molar-refractivity contribution in [3.63, 3.8) is 0 Å². The number of aromatic nitrogens is 1.